The van der Waals surface area contributed by atoms with Crippen molar-refractivity contribution in [2.24, 2.45) is 17.8 Å². The highest BCUT2D eigenvalue weighted by atomic mass is 16.1. The summed E-state index contributed by atoms with van der Waals surface area (Å²) in [6.07, 6.45) is 6.99. The van der Waals surface area contributed by atoms with Crippen LogP contribution >= 0.6 is 0 Å². The van der Waals surface area contributed by atoms with Crippen molar-refractivity contribution in [1.29, 1.82) is 0 Å². The molecule has 3 aliphatic rings. The first-order valence-corrected chi connectivity index (χ1v) is 8.17. The second-order valence-corrected chi connectivity index (χ2v) is 6.48. The van der Waals surface area contributed by atoms with Gasteiger partial charge in [-0.1, -0.05) is 72.8 Å². The molecule has 2 aromatic rings. The Kier molecular flexibility index (Phi) is 3.42. The summed E-state index contributed by atoms with van der Waals surface area (Å²) in [5, 5.41) is 0. The first-order chi connectivity index (χ1) is 10.8. The number of fused-ring (bicyclic) bond motifs is 2. The van der Waals surface area contributed by atoms with Crippen LogP contribution < -0.4 is 0 Å². The molecular weight excluding hydrogens is 268 g/mol. The van der Waals surface area contributed by atoms with Gasteiger partial charge in [0.1, 0.15) is 0 Å². The van der Waals surface area contributed by atoms with Gasteiger partial charge >= 0.3 is 0 Å². The van der Waals surface area contributed by atoms with Gasteiger partial charge in [-0.2, -0.15) is 0 Å². The van der Waals surface area contributed by atoms with E-state index in [9.17, 15) is 4.79 Å². The minimum Gasteiger partial charge on any atom is -0.294 e. The van der Waals surface area contributed by atoms with Gasteiger partial charge in [-0.3, -0.25) is 4.79 Å². The molecule has 110 valence electrons. The van der Waals surface area contributed by atoms with Gasteiger partial charge < -0.3 is 0 Å². The summed E-state index contributed by atoms with van der Waals surface area (Å²) in [4.78, 5) is 13.1. The Hall–Kier alpha value is -2.15. The maximum absolute atomic E-state index is 13.1. The molecule has 1 saturated carbocycles. The largest absolute Gasteiger partial charge is 0.294 e. The monoisotopic (exact) mass is 288 g/mol. The smallest absolute Gasteiger partial charge is 0.167 e. The van der Waals surface area contributed by atoms with Crippen LogP contribution in [0.3, 0.4) is 0 Å². The quantitative estimate of drug-likeness (QED) is 0.582. The topological polar surface area (TPSA) is 17.1 Å². The third-order valence-corrected chi connectivity index (χ3v) is 5.29. The van der Waals surface area contributed by atoms with Crippen molar-refractivity contribution < 1.29 is 4.79 Å². The summed E-state index contributed by atoms with van der Waals surface area (Å²) < 4.78 is 0. The van der Waals surface area contributed by atoms with Crippen LogP contribution in [0.5, 0.6) is 0 Å². The van der Waals surface area contributed by atoms with E-state index in [2.05, 4.69) is 42.5 Å². The minimum absolute atomic E-state index is 0.0912. The lowest BCUT2D eigenvalue weighted by Crippen LogP contribution is -2.39. The van der Waals surface area contributed by atoms with Crippen LogP contribution in [-0.2, 0) is 0 Å². The van der Waals surface area contributed by atoms with Crippen molar-refractivity contribution >= 4 is 5.78 Å². The number of allylic oxidation sites excluding steroid dienone is 2. The van der Waals surface area contributed by atoms with E-state index in [0.29, 0.717) is 23.5 Å². The van der Waals surface area contributed by atoms with Crippen molar-refractivity contribution in [3.8, 4) is 0 Å². The highest BCUT2D eigenvalue weighted by molar-refractivity contribution is 5.99. The Morgan fingerprint density at radius 1 is 0.773 bits per heavy atom. The van der Waals surface area contributed by atoms with Crippen LogP contribution in [0.4, 0.5) is 0 Å². The molecule has 0 unspecified atom stereocenters. The number of ketones is 1. The van der Waals surface area contributed by atoms with E-state index in [0.717, 1.165) is 12.0 Å². The van der Waals surface area contributed by atoms with E-state index in [1.165, 1.54) is 12.0 Å². The second-order valence-electron chi connectivity index (χ2n) is 6.48. The van der Waals surface area contributed by atoms with Crippen molar-refractivity contribution in [3.05, 3.63) is 83.9 Å². The van der Waals surface area contributed by atoms with E-state index in [-0.39, 0.29) is 5.92 Å². The molecule has 0 spiro atoms. The zero-order chi connectivity index (χ0) is 14.9. The van der Waals surface area contributed by atoms with Gasteiger partial charge in [-0.15, -0.1) is 0 Å². The number of benzene rings is 2. The molecule has 0 radical (unpaired) electrons. The standard InChI is InChI=1S/C21H20O/c22-21(18-9-5-2-6-10-18)20-17-13-11-16(12-14-17)19(20)15-7-3-1-4-8-15/h1-11,13,16-17,19-20H,12,14H2/t16-,17-,19-,20-/m0/s1. The Morgan fingerprint density at radius 3 is 2.00 bits per heavy atom. The molecule has 22 heavy (non-hydrogen) atoms. The number of carbonyl (C=O) groups is 1. The van der Waals surface area contributed by atoms with Gasteiger partial charge in [0.15, 0.2) is 5.78 Å². The lowest BCUT2D eigenvalue weighted by Gasteiger charge is -2.44. The summed E-state index contributed by atoms with van der Waals surface area (Å²) in [7, 11) is 0. The molecule has 1 nitrogen and oxygen atoms in total. The van der Waals surface area contributed by atoms with E-state index in [1.807, 2.05) is 30.3 Å². The molecule has 0 heterocycles. The highest BCUT2D eigenvalue weighted by Gasteiger charge is 2.44. The van der Waals surface area contributed by atoms with Gasteiger partial charge in [-0.25, -0.2) is 0 Å². The van der Waals surface area contributed by atoms with Crippen LogP contribution in [-0.4, -0.2) is 5.78 Å². The van der Waals surface area contributed by atoms with Crippen molar-refractivity contribution in [2.45, 2.75) is 18.8 Å². The molecule has 4 atom stereocenters. The zero-order valence-electron chi connectivity index (χ0n) is 12.6. The molecule has 0 N–H and O–H groups in total. The average Bonchev–Trinajstić information content (AvgIpc) is 2.63. The van der Waals surface area contributed by atoms with Crippen molar-refractivity contribution in [3.63, 3.8) is 0 Å². The summed E-state index contributed by atoms with van der Waals surface area (Å²) in [6, 6.07) is 20.4. The molecule has 0 aromatic heterocycles. The predicted molar refractivity (Wildman–Crippen MR) is 88.8 cm³/mol. The molecule has 5 rings (SSSR count). The Bertz CT molecular complexity index is 686. The molecule has 2 aromatic carbocycles. The lowest BCUT2D eigenvalue weighted by molar-refractivity contribution is 0.0770. The maximum atomic E-state index is 13.1. The second kappa shape index (κ2) is 5.57. The van der Waals surface area contributed by atoms with Crippen molar-refractivity contribution in [1.82, 2.24) is 0 Å². The Labute approximate surface area is 131 Å². The fourth-order valence-corrected chi connectivity index (χ4v) is 4.28. The fourth-order valence-electron chi connectivity index (χ4n) is 4.28. The van der Waals surface area contributed by atoms with Crippen molar-refractivity contribution in [2.75, 3.05) is 0 Å². The average molecular weight is 288 g/mol. The van der Waals surface area contributed by atoms with Gasteiger partial charge in [0.2, 0.25) is 0 Å². The SMILES string of the molecule is O=C(c1ccccc1)[C@@H]1[C@@H](c2ccccc2)[C@H]2C=C[C@H]1CC2. The highest BCUT2D eigenvalue weighted by Crippen LogP contribution is 2.50. The third-order valence-electron chi connectivity index (χ3n) is 5.29. The third kappa shape index (κ3) is 2.21. The van der Waals surface area contributed by atoms with E-state index in [1.54, 1.807) is 0 Å². The molecule has 0 aliphatic heterocycles. The zero-order valence-corrected chi connectivity index (χ0v) is 12.6. The molecule has 1 heteroatoms. The number of hydrogen-bond acceptors (Lipinski definition) is 1. The first-order valence-electron chi connectivity index (χ1n) is 8.17. The normalized spacial score (nSPS) is 29.5. The van der Waals surface area contributed by atoms with Gasteiger partial charge in [-0.05, 0) is 30.2 Å². The number of hydrogen-bond donors (Lipinski definition) is 0. The number of carbonyl (C=O) groups excluding carboxylic acids is 1. The first kappa shape index (κ1) is 13.5. The van der Waals surface area contributed by atoms with E-state index >= 15 is 0 Å². The molecule has 0 amide bonds. The van der Waals surface area contributed by atoms with E-state index in [4.69, 9.17) is 0 Å². The molecular formula is C21H20O. The summed E-state index contributed by atoms with van der Waals surface area (Å²) >= 11 is 0. The van der Waals surface area contributed by atoms with E-state index < -0.39 is 0 Å². The summed E-state index contributed by atoms with van der Waals surface area (Å²) in [5.74, 6) is 1.63. The summed E-state index contributed by atoms with van der Waals surface area (Å²) in [5.41, 5.74) is 2.17. The minimum atomic E-state index is 0.0912. The molecule has 2 bridgehead atoms. The van der Waals surface area contributed by atoms with Crippen LogP contribution in [0.25, 0.3) is 0 Å². The van der Waals surface area contributed by atoms with Gasteiger partial charge in [0, 0.05) is 17.4 Å². The van der Waals surface area contributed by atoms with Gasteiger partial charge in [0.05, 0.1) is 0 Å². The molecule has 0 saturated heterocycles. The fraction of sp³-hybridized carbons (Fsp3) is 0.286. The lowest BCUT2D eigenvalue weighted by atomic mass is 9.58. The Balaban J connectivity index is 1.75. The maximum Gasteiger partial charge on any atom is 0.167 e. The van der Waals surface area contributed by atoms with Crippen LogP contribution in [0.2, 0.25) is 0 Å². The Morgan fingerprint density at radius 2 is 1.36 bits per heavy atom. The number of rotatable bonds is 3. The van der Waals surface area contributed by atoms with Crippen LogP contribution in [0.15, 0.2) is 72.8 Å². The number of Topliss-reactive ketones (excluding diaryl/α,β-unsaturated/α-hetero) is 1. The molecule has 3 aliphatic carbocycles. The summed E-state index contributed by atoms with van der Waals surface area (Å²) in [6.45, 7) is 0. The predicted octanol–water partition coefficient (Wildman–Crippen LogP) is 4.87. The molecule has 1 fully saturated rings. The van der Waals surface area contributed by atoms with Crippen LogP contribution in [0, 0.1) is 17.8 Å². The van der Waals surface area contributed by atoms with Gasteiger partial charge in [0.25, 0.3) is 0 Å². The van der Waals surface area contributed by atoms with Crippen LogP contribution in [0.1, 0.15) is 34.7 Å².